The molecule has 0 aliphatic heterocycles. The van der Waals surface area contributed by atoms with Crippen molar-refractivity contribution in [1.29, 1.82) is 0 Å². The van der Waals surface area contributed by atoms with Gasteiger partial charge in [-0.15, -0.1) is 0 Å². The second-order valence-electron chi connectivity index (χ2n) is 3.96. The summed E-state index contributed by atoms with van der Waals surface area (Å²) in [4.78, 5) is 0. The number of aliphatic hydroxyl groups is 1. The summed E-state index contributed by atoms with van der Waals surface area (Å²) in [6.07, 6.45) is -0.456. The maximum atomic E-state index is 9.36. The molecule has 0 aliphatic rings. The smallest absolute Gasteiger partial charge is 0.134 e. The fraction of sp³-hybridized carbons (Fsp3) is 0.308. The van der Waals surface area contributed by atoms with E-state index in [2.05, 4.69) is 5.16 Å². The van der Waals surface area contributed by atoms with Crippen LogP contribution >= 0.6 is 0 Å². The quantitative estimate of drug-likeness (QED) is 0.881. The second kappa shape index (κ2) is 5.01. The van der Waals surface area contributed by atoms with Crippen molar-refractivity contribution in [3.05, 3.63) is 47.3 Å². The molecule has 0 saturated heterocycles. The third-order valence-electron chi connectivity index (χ3n) is 2.43. The Labute approximate surface area is 99.8 Å². The summed E-state index contributed by atoms with van der Waals surface area (Å²) in [6, 6.07) is 9.18. The molecule has 1 N–H and O–H groups in total. The molecule has 0 fully saturated rings. The number of aromatic nitrogens is 1. The Morgan fingerprint density at radius 3 is 2.59 bits per heavy atom. The van der Waals surface area contributed by atoms with Crippen LogP contribution in [0.5, 0.6) is 5.75 Å². The van der Waals surface area contributed by atoms with Gasteiger partial charge in [-0.25, -0.2) is 0 Å². The summed E-state index contributed by atoms with van der Waals surface area (Å²) in [5, 5.41) is 13.2. The molecule has 1 atom stereocenters. The van der Waals surface area contributed by atoms with Crippen LogP contribution in [0.15, 0.2) is 34.9 Å². The number of rotatable bonds is 4. The van der Waals surface area contributed by atoms with E-state index in [1.54, 1.807) is 6.92 Å². The molecule has 4 nitrogen and oxygen atoms in total. The van der Waals surface area contributed by atoms with Crippen molar-refractivity contribution in [2.24, 2.45) is 0 Å². The molecule has 1 aromatic heterocycles. The van der Waals surface area contributed by atoms with E-state index in [9.17, 15) is 5.11 Å². The Balaban J connectivity index is 1.95. The molecule has 0 unspecified atom stereocenters. The minimum Gasteiger partial charge on any atom is -0.487 e. The van der Waals surface area contributed by atoms with E-state index in [4.69, 9.17) is 9.26 Å². The van der Waals surface area contributed by atoms with E-state index in [1.165, 1.54) is 0 Å². The van der Waals surface area contributed by atoms with Crippen molar-refractivity contribution in [2.75, 3.05) is 0 Å². The number of benzene rings is 1. The van der Waals surface area contributed by atoms with Crippen molar-refractivity contribution < 1.29 is 14.4 Å². The lowest BCUT2D eigenvalue weighted by molar-refractivity contribution is 0.199. The monoisotopic (exact) mass is 233 g/mol. The van der Waals surface area contributed by atoms with Crippen LogP contribution in [-0.4, -0.2) is 10.3 Å². The number of aliphatic hydroxyl groups excluding tert-OH is 1. The highest BCUT2D eigenvalue weighted by Gasteiger charge is 2.03. The molecule has 0 amide bonds. The van der Waals surface area contributed by atoms with Crippen LogP contribution in [0.2, 0.25) is 0 Å². The molecular weight excluding hydrogens is 218 g/mol. The Morgan fingerprint density at radius 1 is 1.35 bits per heavy atom. The zero-order valence-corrected chi connectivity index (χ0v) is 9.88. The van der Waals surface area contributed by atoms with Crippen LogP contribution in [0.3, 0.4) is 0 Å². The Hall–Kier alpha value is -1.81. The van der Waals surface area contributed by atoms with E-state index in [-0.39, 0.29) is 0 Å². The van der Waals surface area contributed by atoms with Gasteiger partial charge in [0.2, 0.25) is 0 Å². The predicted octanol–water partition coefficient (Wildman–Crippen LogP) is 2.62. The maximum absolute atomic E-state index is 9.36. The fourth-order valence-electron chi connectivity index (χ4n) is 1.49. The first-order chi connectivity index (χ1) is 8.15. The van der Waals surface area contributed by atoms with Crippen molar-refractivity contribution in [1.82, 2.24) is 5.16 Å². The first-order valence-electron chi connectivity index (χ1n) is 5.48. The van der Waals surface area contributed by atoms with Gasteiger partial charge in [0.15, 0.2) is 0 Å². The molecule has 0 saturated carbocycles. The van der Waals surface area contributed by atoms with Gasteiger partial charge in [0.05, 0.1) is 6.10 Å². The van der Waals surface area contributed by atoms with Crippen molar-refractivity contribution in [3.8, 4) is 5.75 Å². The third-order valence-corrected chi connectivity index (χ3v) is 2.43. The fourth-order valence-corrected chi connectivity index (χ4v) is 1.49. The summed E-state index contributed by atoms with van der Waals surface area (Å²) in [6.45, 7) is 3.95. The zero-order valence-electron chi connectivity index (χ0n) is 9.88. The minimum atomic E-state index is -0.456. The predicted molar refractivity (Wildman–Crippen MR) is 62.6 cm³/mol. The molecule has 90 valence electrons. The number of aryl methyl sites for hydroxylation is 1. The summed E-state index contributed by atoms with van der Waals surface area (Å²) < 4.78 is 10.5. The van der Waals surface area contributed by atoms with Gasteiger partial charge >= 0.3 is 0 Å². The molecule has 1 heterocycles. The average Bonchev–Trinajstić information content (AvgIpc) is 2.73. The lowest BCUT2D eigenvalue weighted by atomic mass is 10.1. The van der Waals surface area contributed by atoms with Gasteiger partial charge < -0.3 is 14.4 Å². The Kier molecular flexibility index (Phi) is 3.44. The second-order valence-corrected chi connectivity index (χ2v) is 3.96. The maximum Gasteiger partial charge on any atom is 0.134 e. The van der Waals surface area contributed by atoms with Crippen LogP contribution < -0.4 is 4.74 Å². The normalized spacial score (nSPS) is 12.4. The molecular formula is C13H15NO3. The SMILES string of the molecule is Cc1cc(COc2ccc([C@H](C)O)cc2)no1. The molecule has 0 bridgehead atoms. The summed E-state index contributed by atoms with van der Waals surface area (Å²) in [5.74, 6) is 1.52. The van der Waals surface area contributed by atoms with Crippen LogP contribution in [0.25, 0.3) is 0 Å². The van der Waals surface area contributed by atoms with Gasteiger partial charge in [-0.1, -0.05) is 17.3 Å². The molecule has 1 aromatic carbocycles. The highest BCUT2D eigenvalue weighted by molar-refractivity contribution is 5.28. The van der Waals surface area contributed by atoms with Crippen LogP contribution in [-0.2, 0) is 6.61 Å². The number of hydrogen-bond donors (Lipinski definition) is 1. The van der Waals surface area contributed by atoms with Gasteiger partial charge in [-0.2, -0.15) is 0 Å². The summed E-state index contributed by atoms with van der Waals surface area (Å²) in [5.41, 5.74) is 1.64. The number of nitrogens with zero attached hydrogens (tertiary/aromatic N) is 1. The third kappa shape index (κ3) is 3.07. The van der Waals surface area contributed by atoms with Gasteiger partial charge in [-0.05, 0) is 31.5 Å². The molecule has 2 rings (SSSR count). The Bertz CT molecular complexity index is 474. The van der Waals surface area contributed by atoms with Crippen molar-refractivity contribution in [2.45, 2.75) is 26.6 Å². The van der Waals surface area contributed by atoms with Gasteiger partial charge in [0.1, 0.15) is 23.8 Å². The van der Waals surface area contributed by atoms with Crippen LogP contribution in [0, 0.1) is 6.92 Å². The van der Waals surface area contributed by atoms with E-state index in [0.29, 0.717) is 6.61 Å². The van der Waals surface area contributed by atoms with Crippen LogP contribution in [0.4, 0.5) is 0 Å². The standard InChI is InChI=1S/C13H15NO3/c1-9-7-12(14-17-9)8-16-13-5-3-11(4-6-13)10(2)15/h3-7,10,15H,8H2,1-2H3/t10-/m0/s1. The van der Waals surface area contributed by atoms with Crippen molar-refractivity contribution >= 4 is 0 Å². The van der Waals surface area contributed by atoms with E-state index < -0.39 is 6.10 Å². The molecule has 2 aromatic rings. The van der Waals surface area contributed by atoms with Gasteiger partial charge in [0, 0.05) is 6.07 Å². The first-order valence-corrected chi connectivity index (χ1v) is 5.48. The molecule has 0 radical (unpaired) electrons. The zero-order chi connectivity index (χ0) is 12.3. The summed E-state index contributed by atoms with van der Waals surface area (Å²) in [7, 11) is 0. The van der Waals surface area contributed by atoms with Gasteiger partial charge in [-0.3, -0.25) is 0 Å². The Morgan fingerprint density at radius 2 is 2.06 bits per heavy atom. The summed E-state index contributed by atoms with van der Waals surface area (Å²) >= 11 is 0. The topological polar surface area (TPSA) is 55.5 Å². The van der Waals surface area contributed by atoms with Crippen LogP contribution in [0.1, 0.15) is 30.0 Å². The molecule has 0 spiro atoms. The highest BCUT2D eigenvalue weighted by atomic mass is 16.5. The first kappa shape index (κ1) is 11.7. The molecule has 17 heavy (non-hydrogen) atoms. The van der Waals surface area contributed by atoms with E-state index in [1.807, 2.05) is 37.3 Å². The van der Waals surface area contributed by atoms with E-state index in [0.717, 1.165) is 22.8 Å². The minimum absolute atomic E-state index is 0.380. The number of ether oxygens (including phenoxy) is 1. The average molecular weight is 233 g/mol. The van der Waals surface area contributed by atoms with E-state index >= 15 is 0 Å². The lowest BCUT2D eigenvalue weighted by Gasteiger charge is -2.07. The van der Waals surface area contributed by atoms with Crippen molar-refractivity contribution in [3.63, 3.8) is 0 Å². The largest absolute Gasteiger partial charge is 0.487 e. The highest BCUT2D eigenvalue weighted by Crippen LogP contribution is 2.18. The lowest BCUT2D eigenvalue weighted by Crippen LogP contribution is -1.96. The molecule has 4 heteroatoms. The number of hydrogen-bond acceptors (Lipinski definition) is 4. The molecule has 0 aliphatic carbocycles. The van der Waals surface area contributed by atoms with Gasteiger partial charge in [0.25, 0.3) is 0 Å².